The molecule has 1 aromatic rings. The number of nitrogens with zero attached hydrogens (tertiary/aromatic N) is 1. The fourth-order valence-corrected chi connectivity index (χ4v) is 3.48. The highest BCUT2D eigenvalue weighted by molar-refractivity contribution is 6.04. The van der Waals surface area contributed by atoms with Gasteiger partial charge in [0.15, 0.2) is 5.78 Å². The fourth-order valence-electron chi connectivity index (χ4n) is 3.48. The summed E-state index contributed by atoms with van der Waals surface area (Å²) in [5.74, 6) is -0.560. The van der Waals surface area contributed by atoms with Gasteiger partial charge in [-0.05, 0) is 49.1 Å². The summed E-state index contributed by atoms with van der Waals surface area (Å²) in [7, 11) is 0. The Hall–Kier alpha value is -2.87. The van der Waals surface area contributed by atoms with E-state index in [2.05, 4.69) is 5.32 Å². The molecule has 0 aromatic heterocycles. The van der Waals surface area contributed by atoms with E-state index in [1.165, 1.54) is 12.1 Å². The molecule has 0 spiro atoms. The molecule has 0 radical (unpaired) electrons. The molecular formula is C22H23F3N2O3. The average Bonchev–Trinajstić information content (AvgIpc) is 2.69. The maximum atomic E-state index is 12.8. The van der Waals surface area contributed by atoms with Crippen LogP contribution in [0.15, 0.2) is 59.0 Å². The fraction of sp³-hybridized carbons (Fsp3) is 0.364. The number of hydrogen-bond acceptors (Lipinski definition) is 4. The lowest BCUT2D eigenvalue weighted by Crippen LogP contribution is -2.41. The number of rotatable bonds is 5. The van der Waals surface area contributed by atoms with Crippen LogP contribution in [0.4, 0.5) is 13.2 Å². The van der Waals surface area contributed by atoms with Gasteiger partial charge in [0, 0.05) is 17.8 Å². The summed E-state index contributed by atoms with van der Waals surface area (Å²) in [5.41, 5.74) is 2.09. The van der Waals surface area contributed by atoms with Gasteiger partial charge in [-0.15, -0.1) is 0 Å². The molecule has 1 atom stereocenters. The summed E-state index contributed by atoms with van der Waals surface area (Å²) in [5, 5.41) is 12.1. The van der Waals surface area contributed by atoms with Crippen LogP contribution >= 0.6 is 0 Å². The van der Waals surface area contributed by atoms with E-state index in [4.69, 9.17) is 0 Å². The van der Waals surface area contributed by atoms with Crippen LogP contribution < -0.4 is 5.32 Å². The number of amides is 1. The highest BCUT2D eigenvalue weighted by Gasteiger charge is 2.31. The molecule has 1 amide bonds. The van der Waals surface area contributed by atoms with Gasteiger partial charge in [0.25, 0.3) is 0 Å². The SMILES string of the molecule is CC1=CCC2=CN([C@H](C)CO)CC(=O)C2=C1NC(=O)Cc1ccc(C(F)(F)F)cc1. The maximum Gasteiger partial charge on any atom is 0.416 e. The molecule has 1 aliphatic carbocycles. The first kappa shape index (κ1) is 21.8. The number of halogens is 3. The number of hydrogen-bond donors (Lipinski definition) is 2. The lowest BCUT2D eigenvalue weighted by molar-refractivity contribution is -0.137. The number of nitrogens with one attached hydrogen (secondary N) is 1. The monoisotopic (exact) mass is 420 g/mol. The third kappa shape index (κ3) is 4.64. The predicted octanol–water partition coefficient (Wildman–Crippen LogP) is 3.12. The van der Waals surface area contributed by atoms with E-state index in [1.807, 2.05) is 19.2 Å². The molecule has 3 rings (SSSR count). The number of benzene rings is 1. The van der Waals surface area contributed by atoms with E-state index < -0.39 is 17.6 Å². The molecule has 0 unspecified atom stereocenters. The summed E-state index contributed by atoms with van der Waals surface area (Å²) in [6.45, 7) is 3.64. The van der Waals surface area contributed by atoms with Crippen LogP contribution in [0.3, 0.4) is 0 Å². The van der Waals surface area contributed by atoms with Gasteiger partial charge in [0.05, 0.1) is 30.8 Å². The number of allylic oxidation sites excluding steroid dienone is 3. The number of fused-ring (bicyclic) bond motifs is 1. The standard InChI is InChI=1S/C22H23F3N2O3/c1-13-3-6-16-10-27(14(2)12-28)11-18(29)20(16)21(13)26-19(30)9-15-4-7-17(8-5-15)22(23,24)25/h3-5,7-8,10,14,28H,6,9,11-12H2,1-2H3,(H,26,30)/t14-/m1/s1. The van der Waals surface area contributed by atoms with Gasteiger partial charge in [0.2, 0.25) is 5.91 Å². The zero-order chi connectivity index (χ0) is 22.1. The zero-order valence-corrected chi connectivity index (χ0v) is 16.7. The van der Waals surface area contributed by atoms with Crippen LogP contribution in [-0.2, 0) is 22.2 Å². The van der Waals surface area contributed by atoms with Crippen LogP contribution in [-0.4, -0.2) is 40.9 Å². The van der Waals surface area contributed by atoms with Crippen LogP contribution in [0.5, 0.6) is 0 Å². The first-order chi connectivity index (χ1) is 14.1. The third-order valence-corrected chi connectivity index (χ3v) is 5.26. The number of aliphatic hydroxyl groups excluding tert-OH is 1. The van der Waals surface area contributed by atoms with Crippen molar-refractivity contribution in [2.45, 2.75) is 38.9 Å². The molecule has 1 heterocycles. The van der Waals surface area contributed by atoms with Crippen molar-refractivity contribution < 1.29 is 27.9 Å². The molecule has 0 saturated carbocycles. The molecule has 0 bridgehead atoms. The predicted molar refractivity (Wildman–Crippen MR) is 105 cm³/mol. The van der Waals surface area contributed by atoms with Crippen molar-refractivity contribution in [2.75, 3.05) is 13.2 Å². The summed E-state index contributed by atoms with van der Waals surface area (Å²) in [6.07, 6.45) is -0.252. The maximum absolute atomic E-state index is 12.8. The van der Waals surface area contributed by atoms with Gasteiger partial charge < -0.3 is 15.3 Å². The summed E-state index contributed by atoms with van der Waals surface area (Å²) >= 11 is 0. The minimum Gasteiger partial charge on any atom is -0.394 e. The third-order valence-electron chi connectivity index (χ3n) is 5.26. The Morgan fingerprint density at radius 2 is 1.93 bits per heavy atom. The highest BCUT2D eigenvalue weighted by Crippen LogP contribution is 2.33. The second kappa shape index (κ2) is 8.47. The Kier molecular flexibility index (Phi) is 6.17. The van der Waals surface area contributed by atoms with Crippen LogP contribution in [0.1, 0.15) is 31.4 Å². The summed E-state index contributed by atoms with van der Waals surface area (Å²) < 4.78 is 38.0. The van der Waals surface area contributed by atoms with Gasteiger partial charge in [-0.2, -0.15) is 13.2 Å². The highest BCUT2D eigenvalue weighted by atomic mass is 19.4. The molecule has 1 aliphatic heterocycles. The van der Waals surface area contributed by atoms with E-state index in [0.29, 0.717) is 23.3 Å². The molecule has 2 N–H and O–H groups in total. The number of aliphatic hydroxyl groups is 1. The van der Waals surface area contributed by atoms with Crippen molar-refractivity contribution in [1.82, 2.24) is 10.2 Å². The number of ketones is 1. The van der Waals surface area contributed by atoms with Gasteiger partial charge >= 0.3 is 6.18 Å². The smallest absolute Gasteiger partial charge is 0.394 e. The molecule has 8 heteroatoms. The Labute approximate surface area is 172 Å². The molecule has 0 fully saturated rings. The Morgan fingerprint density at radius 3 is 2.53 bits per heavy atom. The molecule has 5 nitrogen and oxygen atoms in total. The first-order valence-electron chi connectivity index (χ1n) is 9.58. The van der Waals surface area contributed by atoms with Crippen molar-refractivity contribution in [3.63, 3.8) is 0 Å². The lowest BCUT2D eigenvalue weighted by Gasteiger charge is -2.34. The van der Waals surface area contributed by atoms with Gasteiger partial charge in [-0.3, -0.25) is 9.59 Å². The van der Waals surface area contributed by atoms with Crippen molar-refractivity contribution in [1.29, 1.82) is 0 Å². The largest absolute Gasteiger partial charge is 0.416 e. The van der Waals surface area contributed by atoms with Crippen molar-refractivity contribution in [2.24, 2.45) is 0 Å². The number of Topliss-reactive ketones (excluding diaryl/α,β-unsaturated/α-hetero) is 1. The quantitative estimate of drug-likeness (QED) is 0.768. The van der Waals surface area contributed by atoms with Crippen LogP contribution in [0.25, 0.3) is 0 Å². The Morgan fingerprint density at radius 1 is 1.27 bits per heavy atom. The first-order valence-corrected chi connectivity index (χ1v) is 9.58. The zero-order valence-electron chi connectivity index (χ0n) is 16.7. The molecule has 1 aromatic carbocycles. The topological polar surface area (TPSA) is 69.6 Å². The minimum absolute atomic E-state index is 0.0817. The Bertz CT molecular complexity index is 943. The van der Waals surface area contributed by atoms with Crippen molar-refractivity contribution >= 4 is 11.7 Å². The van der Waals surface area contributed by atoms with E-state index >= 15 is 0 Å². The van der Waals surface area contributed by atoms with Crippen molar-refractivity contribution in [3.05, 3.63) is 70.1 Å². The van der Waals surface area contributed by atoms with E-state index in [0.717, 1.165) is 23.3 Å². The normalized spacial score (nSPS) is 17.9. The van der Waals surface area contributed by atoms with E-state index in [-0.39, 0.29) is 31.4 Å². The molecule has 160 valence electrons. The average molecular weight is 420 g/mol. The lowest BCUT2D eigenvalue weighted by atomic mass is 9.86. The molecule has 2 aliphatic rings. The molecular weight excluding hydrogens is 397 g/mol. The second-order valence-corrected chi connectivity index (χ2v) is 7.54. The van der Waals surface area contributed by atoms with Crippen LogP contribution in [0, 0.1) is 0 Å². The number of alkyl halides is 3. The van der Waals surface area contributed by atoms with Crippen molar-refractivity contribution in [3.8, 4) is 0 Å². The van der Waals surface area contributed by atoms with E-state index in [9.17, 15) is 27.9 Å². The minimum atomic E-state index is -4.43. The van der Waals surface area contributed by atoms with Crippen LogP contribution in [0.2, 0.25) is 0 Å². The van der Waals surface area contributed by atoms with Gasteiger partial charge in [-0.25, -0.2) is 0 Å². The van der Waals surface area contributed by atoms with Gasteiger partial charge in [0.1, 0.15) is 0 Å². The van der Waals surface area contributed by atoms with E-state index in [1.54, 1.807) is 11.8 Å². The summed E-state index contributed by atoms with van der Waals surface area (Å²) in [6, 6.07) is 4.23. The number of carbonyl (C=O) groups excluding carboxylic acids is 2. The number of carbonyl (C=O) groups is 2. The molecule has 0 saturated heterocycles. The molecule has 30 heavy (non-hydrogen) atoms. The van der Waals surface area contributed by atoms with Gasteiger partial charge in [-0.1, -0.05) is 18.2 Å². The second-order valence-electron chi connectivity index (χ2n) is 7.54. The Balaban J connectivity index is 1.79. The summed E-state index contributed by atoms with van der Waals surface area (Å²) in [4.78, 5) is 27.1.